The summed E-state index contributed by atoms with van der Waals surface area (Å²) < 4.78 is 0. The van der Waals surface area contributed by atoms with Gasteiger partial charge < -0.3 is 20.0 Å². The Morgan fingerprint density at radius 3 is 2.19 bits per heavy atom. The molecule has 27 heavy (non-hydrogen) atoms. The van der Waals surface area contributed by atoms with Gasteiger partial charge in [0.05, 0.1) is 5.69 Å². The minimum atomic E-state index is -0.250. The summed E-state index contributed by atoms with van der Waals surface area (Å²) >= 11 is 0. The molecule has 0 saturated carbocycles. The summed E-state index contributed by atoms with van der Waals surface area (Å²) in [6.07, 6.45) is 9.99. The van der Waals surface area contributed by atoms with Crippen LogP contribution < -0.4 is 0 Å². The molecule has 2 heterocycles. The Balaban J connectivity index is 0.000000997. The Morgan fingerprint density at radius 1 is 1.11 bits per heavy atom. The van der Waals surface area contributed by atoms with Gasteiger partial charge in [-0.3, -0.25) is 14.6 Å². The lowest BCUT2D eigenvalue weighted by atomic mass is 10.2. The van der Waals surface area contributed by atoms with Crippen molar-refractivity contribution in [1.29, 1.82) is 0 Å². The number of rotatable bonds is 7. The van der Waals surface area contributed by atoms with E-state index in [1.165, 1.54) is 63.0 Å². The van der Waals surface area contributed by atoms with E-state index < -0.39 is 0 Å². The van der Waals surface area contributed by atoms with Gasteiger partial charge >= 0.3 is 0 Å². The topological polar surface area (TPSA) is 94.0 Å². The molecule has 1 fully saturated rings. The van der Waals surface area contributed by atoms with Gasteiger partial charge in [0.1, 0.15) is 0 Å². The highest BCUT2D eigenvalue weighted by Crippen LogP contribution is 2.10. The van der Waals surface area contributed by atoms with Crippen LogP contribution in [0.2, 0.25) is 0 Å². The van der Waals surface area contributed by atoms with Crippen LogP contribution in [0.15, 0.2) is 18.3 Å². The van der Waals surface area contributed by atoms with Crippen LogP contribution in [0.3, 0.4) is 0 Å². The second kappa shape index (κ2) is 17.4. The molecule has 1 aliphatic heterocycles. The number of nitrogens with zero attached hydrogens (tertiary/aromatic N) is 3. The standard InChI is InChI=1S/C18H31N3.2CH2O2/c1-3-17-9-10-18(19-15-17)16-20(2)11-8-14-21-12-6-4-5-7-13-21;2*2-1-3/h9-10,15H,3-8,11-14,16H2,1-2H3;2*1H,(H,2,3). The molecule has 1 saturated heterocycles. The summed E-state index contributed by atoms with van der Waals surface area (Å²) in [6.45, 7) is 7.67. The van der Waals surface area contributed by atoms with Crippen LogP contribution in [-0.2, 0) is 22.6 Å². The van der Waals surface area contributed by atoms with E-state index in [4.69, 9.17) is 19.8 Å². The average molecular weight is 382 g/mol. The van der Waals surface area contributed by atoms with E-state index in [0.717, 1.165) is 19.5 Å². The highest BCUT2D eigenvalue weighted by Gasteiger charge is 2.09. The Kier molecular flexibility index (Phi) is 16.1. The molecule has 2 rings (SSSR count). The van der Waals surface area contributed by atoms with Gasteiger partial charge in [-0.25, -0.2) is 0 Å². The lowest BCUT2D eigenvalue weighted by Gasteiger charge is -2.22. The molecule has 0 bridgehead atoms. The van der Waals surface area contributed by atoms with E-state index in [-0.39, 0.29) is 12.9 Å². The molecule has 0 unspecified atom stereocenters. The summed E-state index contributed by atoms with van der Waals surface area (Å²) in [5.74, 6) is 0. The van der Waals surface area contributed by atoms with Crippen molar-refractivity contribution in [1.82, 2.24) is 14.8 Å². The van der Waals surface area contributed by atoms with E-state index in [9.17, 15) is 0 Å². The number of aromatic nitrogens is 1. The molecule has 7 heteroatoms. The first-order valence-corrected chi connectivity index (χ1v) is 9.61. The van der Waals surface area contributed by atoms with Gasteiger partial charge in [0.2, 0.25) is 0 Å². The van der Waals surface area contributed by atoms with Gasteiger partial charge in [-0.2, -0.15) is 0 Å². The molecule has 0 aliphatic carbocycles. The van der Waals surface area contributed by atoms with E-state index in [1.807, 2.05) is 6.20 Å². The SMILES string of the molecule is CCc1ccc(CN(C)CCCN2CCCCCC2)nc1.O=CO.O=CO. The van der Waals surface area contributed by atoms with Crippen molar-refractivity contribution in [3.8, 4) is 0 Å². The van der Waals surface area contributed by atoms with E-state index in [0.29, 0.717) is 0 Å². The van der Waals surface area contributed by atoms with Crippen LogP contribution in [0, 0.1) is 0 Å². The minimum absolute atomic E-state index is 0.250. The molecule has 0 atom stereocenters. The van der Waals surface area contributed by atoms with Crippen LogP contribution in [0.4, 0.5) is 0 Å². The Labute approximate surface area is 163 Å². The monoisotopic (exact) mass is 381 g/mol. The zero-order chi connectivity index (χ0) is 20.3. The van der Waals surface area contributed by atoms with Gasteiger partial charge in [0, 0.05) is 12.7 Å². The second-order valence-electron chi connectivity index (χ2n) is 6.57. The van der Waals surface area contributed by atoms with E-state index in [2.05, 4.69) is 40.9 Å². The Bertz CT molecular complexity index is 469. The first kappa shape index (κ1) is 25.0. The normalized spacial score (nSPS) is 14.2. The number of likely N-dealkylation sites (tertiary alicyclic amines) is 1. The van der Waals surface area contributed by atoms with Crippen molar-refractivity contribution in [3.05, 3.63) is 29.6 Å². The van der Waals surface area contributed by atoms with E-state index in [1.54, 1.807) is 0 Å². The van der Waals surface area contributed by atoms with Gasteiger partial charge in [0.25, 0.3) is 12.9 Å². The molecule has 0 aromatic carbocycles. The van der Waals surface area contributed by atoms with Crippen molar-refractivity contribution in [2.24, 2.45) is 0 Å². The molecular formula is C20H35N3O4. The number of carboxylic acid groups (broad SMARTS) is 2. The molecule has 1 aromatic heterocycles. The maximum absolute atomic E-state index is 8.36. The summed E-state index contributed by atoms with van der Waals surface area (Å²) in [7, 11) is 2.21. The number of hydrogen-bond donors (Lipinski definition) is 2. The van der Waals surface area contributed by atoms with Crippen LogP contribution in [0.5, 0.6) is 0 Å². The predicted octanol–water partition coefficient (Wildman–Crippen LogP) is 2.74. The quantitative estimate of drug-likeness (QED) is 0.701. The Morgan fingerprint density at radius 2 is 1.70 bits per heavy atom. The zero-order valence-electron chi connectivity index (χ0n) is 16.7. The van der Waals surface area contributed by atoms with Crippen LogP contribution in [-0.4, -0.2) is 71.2 Å². The second-order valence-corrected chi connectivity index (χ2v) is 6.57. The molecular weight excluding hydrogens is 346 g/mol. The smallest absolute Gasteiger partial charge is 0.290 e. The summed E-state index contributed by atoms with van der Waals surface area (Å²) in [4.78, 5) is 26.3. The average Bonchev–Trinajstić information content (AvgIpc) is 2.93. The van der Waals surface area contributed by atoms with Crippen molar-refractivity contribution in [2.45, 2.75) is 52.0 Å². The molecule has 0 radical (unpaired) electrons. The Hall–Kier alpha value is -1.99. The van der Waals surface area contributed by atoms with Gasteiger partial charge in [0.15, 0.2) is 0 Å². The van der Waals surface area contributed by atoms with Crippen molar-refractivity contribution in [3.63, 3.8) is 0 Å². The lowest BCUT2D eigenvalue weighted by Crippen LogP contribution is -2.29. The molecule has 0 spiro atoms. The first-order valence-electron chi connectivity index (χ1n) is 9.61. The third kappa shape index (κ3) is 13.8. The van der Waals surface area contributed by atoms with E-state index >= 15 is 0 Å². The fourth-order valence-corrected chi connectivity index (χ4v) is 3.04. The molecule has 2 N–H and O–H groups in total. The molecule has 1 aliphatic rings. The van der Waals surface area contributed by atoms with Crippen molar-refractivity contribution < 1.29 is 19.8 Å². The van der Waals surface area contributed by atoms with Gasteiger partial charge in [-0.1, -0.05) is 25.8 Å². The summed E-state index contributed by atoms with van der Waals surface area (Å²) in [6, 6.07) is 4.37. The third-order valence-electron chi connectivity index (χ3n) is 4.44. The predicted molar refractivity (Wildman–Crippen MR) is 107 cm³/mol. The summed E-state index contributed by atoms with van der Waals surface area (Å²) in [5.41, 5.74) is 2.51. The van der Waals surface area contributed by atoms with Crippen molar-refractivity contribution >= 4 is 12.9 Å². The van der Waals surface area contributed by atoms with Gasteiger partial charge in [-0.15, -0.1) is 0 Å². The highest BCUT2D eigenvalue weighted by atomic mass is 16.3. The maximum Gasteiger partial charge on any atom is 0.290 e. The van der Waals surface area contributed by atoms with Crippen LogP contribution in [0.1, 0.15) is 50.3 Å². The third-order valence-corrected chi connectivity index (χ3v) is 4.44. The maximum atomic E-state index is 8.36. The lowest BCUT2D eigenvalue weighted by molar-refractivity contribution is -0.123. The fourth-order valence-electron chi connectivity index (χ4n) is 3.04. The fraction of sp³-hybridized carbons (Fsp3) is 0.650. The summed E-state index contributed by atoms with van der Waals surface area (Å²) in [5, 5.41) is 13.8. The molecule has 1 aromatic rings. The molecule has 154 valence electrons. The number of pyridine rings is 1. The van der Waals surface area contributed by atoms with Crippen LogP contribution >= 0.6 is 0 Å². The van der Waals surface area contributed by atoms with Crippen molar-refractivity contribution in [2.75, 3.05) is 33.2 Å². The van der Waals surface area contributed by atoms with Crippen LogP contribution in [0.25, 0.3) is 0 Å². The number of carbonyl (C=O) groups is 2. The number of hydrogen-bond acceptors (Lipinski definition) is 5. The molecule has 7 nitrogen and oxygen atoms in total. The number of aryl methyl sites for hydroxylation is 1. The minimum Gasteiger partial charge on any atom is -0.483 e. The largest absolute Gasteiger partial charge is 0.483 e. The van der Waals surface area contributed by atoms with Gasteiger partial charge in [-0.05, 0) is 70.5 Å². The zero-order valence-corrected chi connectivity index (χ0v) is 16.7. The first-order chi connectivity index (χ1) is 13.1. The molecule has 0 amide bonds. The highest BCUT2D eigenvalue weighted by molar-refractivity contribution is 5.33.